The summed E-state index contributed by atoms with van der Waals surface area (Å²) in [6.07, 6.45) is 8.51. The number of hydrogen-bond acceptors (Lipinski definition) is 2. The smallest absolute Gasteiger partial charge is 0.0689 e. The summed E-state index contributed by atoms with van der Waals surface area (Å²) in [5.74, 6) is 1.41. The van der Waals surface area contributed by atoms with Gasteiger partial charge >= 0.3 is 0 Å². The summed E-state index contributed by atoms with van der Waals surface area (Å²) < 4.78 is 0. The van der Waals surface area contributed by atoms with E-state index in [2.05, 4.69) is 13.0 Å². The Kier molecular flexibility index (Phi) is 3.54. The average molecular weight is 221 g/mol. The van der Waals surface area contributed by atoms with Gasteiger partial charge in [-0.1, -0.05) is 13.3 Å². The number of aliphatic hydroxyl groups excluding tert-OH is 1. The van der Waals surface area contributed by atoms with Gasteiger partial charge in [0, 0.05) is 0 Å². The first kappa shape index (κ1) is 11.9. The highest BCUT2D eigenvalue weighted by Gasteiger charge is 2.42. The molecule has 0 heterocycles. The second kappa shape index (κ2) is 4.75. The molecule has 2 aliphatic rings. The van der Waals surface area contributed by atoms with Gasteiger partial charge in [-0.25, -0.2) is 0 Å². The van der Waals surface area contributed by atoms with Gasteiger partial charge in [-0.05, 0) is 56.8 Å². The molecule has 0 aromatic rings. The Morgan fingerprint density at radius 3 is 2.81 bits per heavy atom. The molecule has 2 saturated carbocycles. The molecule has 90 valence electrons. The summed E-state index contributed by atoms with van der Waals surface area (Å²) in [7, 11) is 0. The summed E-state index contributed by atoms with van der Waals surface area (Å²) in [4.78, 5) is 0. The van der Waals surface area contributed by atoms with E-state index in [1.165, 1.54) is 0 Å². The van der Waals surface area contributed by atoms with E-state index in [9.17, 15) is 10.4 Å². The van der Waals surface area contributed by atoms with Crippen LogP contribution in [-0.4, -0.2) is 11.2 Å². The van der Waals surface area contributed by atoms with E-state index in [1.807, 2.05) is 0 Å². The first-order valence-corrected chi connectivity index (χ1v) is 6.78. The predicted octanol–water partition coefficient (Wildman–Crippen LogP) is 3.26. The Morgan fingerprint density at radius 2 is 2.12 bits per heavy atom. The molecular weight excluding hydrogens is 198 g/mol. The molecule has 2 rings (SSSR count). The van der Waals surface area contributed by atoms with Crippen molar-refractivity contribution in [3.05, 3.63) is 0 Å². The highest BCUT2D eigenvalue weighted by Crippen LogP contribution is 2.49. The third-order valence-electron chi connectivity index (χ3n) is 4.72. The van der Waals surface area contributed by atoms with Gasteiger partial charge in [0.2, 0.25) is 0 Å². The molecule has 1 N–H and O–H groups in total. The van der Waals surface area contributed by atoms with Gasteiger partial charge in [-0.3, -0.25) is 0 Å². The predicted molar refractivity (Wildman–Crippen MR) is 63.6 cm³/mol. The van der Waals surface area contributed by atoms with Crippen LogP contribution >= 0.6 is 0 Å². The average Bonchev–Trinajstić information content (AvgIpc) is 2.30. The van der Waals surface area contributed by atoms with Crippen LogP contribution in [0.15, 0.2) is 0 Å². The molecule has 2 unspecified atom stereocenters. The standard InChI is InChI=1S/C14H23NO/c1-2-6-14(10-15)7-5-11-8-13(16)4-3-12(11)9-14/h11-13,16H,2-9H2,1H3/t11-,12?,13?,14+/m1/s1. The maximum atomic E-state index is 9.67. The van der Waals surface area contributed by atoms with Crippen LogP contribution in [0.2, 0.25) is 0 Å². The Morgan fingerprint density at radius 1 is 1.31 bits per heavy atom. The molecule has 4 atom stereocenters. The molecule has 2 nitrogen and oxygen atoms in total. The van der Waals surface area contributed by atoms with Gasteiger partial charge in [-0.2, -0.15) is 5.26 Å². The number of aliphatic hydroxyl groups is 1. The van der Waals surface area contributed by atoms with Crippen molar-refractivity contribution in [2.45, 2.75) is 64.4 Å². The first-order valence-electron chi connectivity index (χ1n) is 6.78. The summed E-state index contributed by atoms with van der Waals surface area (Å²) in [6, 6.07) is 2.60. The zero-order chi connectivity index (χ0) is 11.6. The van der Waals surface area contributed by atoms with Crippen LogP contribution in [0.3, 0.4) is 0 Å². The second-order valence-electron chi connectivity index (χ2n) is 5.87. The molecule has 2 heteroatoms. The minimum Gasteiger partial charge on any atom is -0.393 e. The number of fused-ring (bicyclic) bond motifs is 1. The van der Waals surface area contributed by atoms with E-state index in [0.717, 1.165) is 51.4 Å². The molecule has 0 spiro atoms. The lowest BCUT2D eigenvalue weighted by molar-refractivity contribution is 0.0188. The maximum absolute atomic E-state index is 9.67. The van der Waals surface area contributed by atoms with Gasteiger partial charge in [0.05, 0.1) is 17.6 Å². The molecule has 0 bridgehead atoms. The van der Waals surface area contributed by atoms with Crippen molar-refractivity contribution in [3.63, 3.8) is 0 Å². The van der Waals surface area contributed by atoms with Crippen LogP contribution in [0.5, 0.6) is 0 Å². The molecule has 16 heavy (non-hydrogen) atoms. The van der Waals surface area contributed by atoms with Crippen molar-refractivity contribution in [1.82, 2.24) is 0 Å². The Labute approximate surface area is 98.7 Å². The van der Waals surface area contributed by atoms with Crippen molar-refractivity contribution < 1.29 is 5.11 Å². The van der Waals surface area contributed by atoms with Crippen LogP contribution < -0.4 is 0 Å². The van der Waals surface area contributed by atoms with Crippen molar-refractivity contribution in [3.8, 4) is 6.07 Å². The van der Waals surface area contributed by atoms with Crippen molar-refractivity contribution in [2.75, 3.05) is 0 Å². The third-order valence-corrected chi connectivity index (χ3v) is 4.72. The van der Waals surface area contributed by atoms with Crippen molar-refractivity contribution in [2.24, 2.45) is 17.3 Å². The molecule has 2 aliphatic carbocycles. The molecule has 0 aliphatic heterocycles. The number of rotatable bonds is 2. The number of nitriles is 1. The maximum Gasteiger partial charge on any atom is 0.0689 e. The fourth-order valence-corrected chi connectivity index (χ4v) is 3.85. The Bertz CT molecular complexity index is 283. The van der Waals surface area contributed by atoms with E-state index in [0.29, 0.717) is 11.8 Å². The lowest BCUT2D eigenvalue weighted by atomic mass is 9.60. The minimum atomic E-state index is -0.0676. The van der Waals surface area contributed by atoms with E-state index >= 15 is 0 Å². The van der Waals surface area contributed by atoms with E-state index in [1.54, 1.807) is 0 Å². The SMILES string of the molecule is CCC[C@]1(C#N)CC[C@@H]2CC(O)CCC2C1. The van der Waals surface area contributed by atoms with E-state index in [4.69, 9.17) is 0 Å². The van der Waals surface area contributed by atoms with Crippen LogP contribution in [0, 0.1) is 28.6 Å². The molecular formula is C14H23NO. The fourth-order valence-electron chi connectivity index (χ4n) is 3.85. The Hall–Kier alpha value is -0.550. The minimum absolute atomic E-state index is 0.0296. The lowest BCUT2D eigenvalue weighted by Crippen LogP contribution is -2.37. The third kappa shape index (κ3) is 2.25. The molecule has 0 aromatic carbocycles. The molecule has 2 fully saturated rings. The van der Waals surface area contributed by atoms with Crippen LogP contribution in [0.4, 0.5) is 0 Å². The van der Waals surface area contributed by atoms with Gasteiger partial charge in [-0.15, -0.1) is 0 Å². The Balaban J connectivity index is 2.02. The highest BCUT2D eigenvalue weighted by atomic mass is 16.3. The largest absolute Gasteiger partial charge is 0.393 e. The highest BCUT2D eigenvalue weighted by molar-refractivity contribution is 5.04. The van der Waals surface area contributed by atoms with Gasteiger partial charge in [0.1, 0.15) is 0 Å². The van der Waals surface area contributed by atoms with E-state index < -0.39 is 0 Å². The summed E-state index contributed by atoms with van der Waals surface area (Å²) >= 11 is 0. The van der Waals surface area contributed by atoms with Crippen LogP contribution in [0.25, 0.3) is 0 Å². The van der Waals surface area contributed by atoms with Gasteiger partial charge in [0.15, 0.2) is 0 Å². The zero-order valence-corrected chi connectivity index (χ0v) is 10.3. The normalized spacial score (nSPS) is 43.4. The van der Waals surface area contributed by atoms with Crippen molar-refractivity contribution in [1.29, 1.82) is 5.26 Å². The number of hydrogen-bond donors (Lipinski definition) is 1. The van der Waals surface area contributed by atoms with Gasteiger partial charge in [0.25, 0.3) is 0 Å². The fraction of sp³-hybridized carbons (Fsp3) is 0.929. The first-order chi connectivity index (χ1) is 7.69. The lowest BCUT2D eigenvalue weighted by Gasteiger charge is -2.44. The molecule has 0 amide bonds. The molecule has 0 saturated heterocycles. The van der Waals surface area contributed by atoms with E-state index in [-0.39, 0.29) is 11.5 Å². The summed E-state index contributed by atoms with van der Waals surface area (Å²) in [5, 5.41) is 19.1. The zero-order valence-electron chi connectivity index (χ0n) is 10.3. The quantitative estimate of drug-likeness (QED) is 0.777. The molecule has 0 radical (unpaired) electrons. The van der Waals surface area contributed by atoms with Crippen LogP contribution in [-0.2, 0) is 0 Å². The molecule has 0 aromatic heterocycles. The van der Waals surface area contributed by atoms with Gasteiger partial charge < -0.3 is 5.11 Å². The summed E-state index contributed by atoms with van der Waals surface area (Å²) in [6.45, 7) is 2.18. The monoisotopic (exact) mass is 221 g/mol. The van der Waals surface area contributed by atoms with Crippen molar-refractivity contribution >= 4 is 0 Å². The summed E-state index contributed by atoms with van der Waals surface area (Å²) in [5.41, 5.74) is -0.0296. The van der Waals surface area contributed by atoms with Crippen LogP contribution in [0.1, 0.15) is 58.3 Å². The number of nitrogens with zero attached hydrogens (tertiary/aromatic N) is 1. The topological polar surface area (TPSA) is 44.0 Å². The second-order valence-corrected chi connectivity index (χ2v) is 5.87.